The number of aromatic amines is 1. The second kappa shape index (κ2) is 8.93. The van der Waals surface area contributed by atoms with Crippen molar-refractivity contribution in [3.63, 3.8) is 0 Å². The molecule has 9 heteroatoms. The minimum Gasteiger partial charge on any atom is -0.493 e. The number of hydrazine groups is 1. The van der Waals surface area contributed by atoms with E-state index in [4.69, 9.17) is 21.4 Å². The van der Waals surface area contributed by atoms with Crippen molar-refractivity contribution in [3.8, 4) is 28.3 Å². The number of hydrogen-bond donors (Lipinski definition) is 5. The SMILES string of the molecule is CCOc1cc(-c2cccc(/C=C/C(=O)O)c2)ccc1-c1nc(NN)c(N)c(=O)[nH]1. The number of aliphatic carboxylic acids is 1. The average Bonchev–Trinajstić information content (AvgIpc) is 2.74. The Morgan fingerprint density at radius 3 is 2.73 bits per heavy atom. The summed E-state index contributed by atoms with van der Waals surface area (Å²) in [4.78, 5) is 29.7. The molecule has 0 aliphatic carbocycles. The first-order valence-electron chi connectivity index (χ1n) is 9.08. The Morgan fingerprint density at radius 2 is 2.03 bits per heavy atom. The van der Waals surface area contributed by atoms with Crippen LogP contribution in [-0.2, 0) is 4.79 Å². The number of H-pyrrole nitrogens is 1. The molecule has 7 N–H and O–H groups in total. The van der Waals surface area contributed by atoms with Gasteiger partial charge in [-0.05, 0) is 47.9 Å². The number of nitrogens with zero attached hydrogens (tertiary/aromatic N) is 1. The fraction of sp³-hybridized carbons (Fsp3) is 0.0952. The molecule has 3 rings (SSSR count). The topological polar surface area (TPSA) is 156 Å². The number of ether oxygens (including phenoxy) is 1. The van der Waals surface area contributed by atoms with Gasteiger partial charge in [0.1, 0.15) is 17.3 Å². The van der Waals surface area contributed by atoms with Gasteiger partial charge in [-0.2, -0.15) is 0 Å². The highest BCUT2D eigenvalue weighted by Crippen LogP contribution is 2.33. The van der Waals surface area contributed by atoms with Gasteiger partial charge < -0.3 is 26.0 Å². The summed E-state index contributed by atoms with van der Waals surface area (Å²) in [6.07, 6.45) is 2.61. The summed E-state index contributed by atoms with van der Waals surface area (Å²) in [6.45, 7) is 2.25. The highest BCUT2D eigenvalue weighted by Gasteiger charge is 2.14. The summed E-state index contributed by atoms with van der Waals surface area (Å²) in [7, 11) is 0. The average molecular weight is 407 g/mol. The van der Waals surface area contributed by atoms with Crippen molar-refractivity contribution in [1.29, 1.82) is 0 Å². The van der Waals surface area contributed by atoms with Crippen LogP contribution in [-0.4, -0.2) is 27.7 Å². The molecule has 0 saturated heterocycles. The van der Waals surface area contributed by atoms with Crippen molar-refractivity contribution in [2.24, 2.45) is 5.84 Å². The summed E-state index contributed by atoms with van der Waals surface area (Å²) in [5, 5.41) is 8.81. The van der Waals surface area contributed by atoms with Crippen LogP contribution < -0.4 is 27.3 Å². The number of carboxylic acids is 1. The molecule has 9 nitrogen and oxygen atoms in total. The molecule has 2 aromatic carbocycles. The summed E-state index contributed by atoms with van der Waals surface area (Å²) in [5.41, 5.74) is 10.4. The highest BCUT2D eigenvalue weighted by atomic mass is 16.5. The first-order chi connectivity index (χ1) is 14.4. The lowest BCUT2D eigenvalue weighted by atomic mass is 10.0. The van der Waals surface area contributed by atoms with Crippen molar-refractivity contribution >= 4 is 23.6 Å². The summed E-state index contributed by atoms with van der Waals surface area (Å²) >= 11 is 0. The minimum absolute atomic E-state index is 0.0678. The van der Waals surface area contributed by atoms with Gasteiger partial charge in [0.2, 0.25) is 0 Å². The first kappa shape index (κ1) is 20.6. The lowest BCUT2D eigenvalue weighted by Crippen LogP contribution is -2.20. The number of carboxylic acid groups (broad SMARTS) is 1. The number of aromatic nitrogens is 2. The number of carbonyl (C=O) groups is 1. The smallest absolute Gasteiger partial charge is 0.328 e. The molecule has 0 saturated carbocycles. The maximum atomic E-state index is 12.1. The molecular weight excluding hydrogens is 386 g/mol. The standard InChI is InChI=1S/C21H21N5O4/c1-2-30-16-11-14(13-5-3-4-12(10-13)6-9-17(27)28)7-8-15(16)19-24-20(26-23)18(22)21(29)25-19/h3-11H,2,22-23H2,1H3,(H,27,28)(H2,24,25,26,29)/b9-6+. The van der Waals surface area contributed by atoms with E-state index in [9.17, 15) is 9.59 Å². The molecule has 0 atom stereocenters. The molecule has 0 aliphatic rings. The third-order valence-corrected chi connectivity index (χ3v) is 4.27. The molecule has 1 aromatic heterocycles. The number of nitrogens with one attached hydrogen (secondary N) is 2. The van der Waals surface area contributed by atoms with E-state index in [1.54, 1.807) is 6.07 Å². The number of anilines is 2. The lowest BCUT2D eigenvalue weighted by molar-refractivity contribution is -0.131. The van der Waals surface area contributed by atoms with E-state index in [1.165, 1.54) is 6.08 Å². The molecule has 154 valence electrons. The Morgan fingerprint density at radius 1 is 1.27 bits per heavy atom. The molecule has 0 bridgehead atoms. The van der Waals surface area contributed by atoms with Crippen molar-refractivity contribution in [1.82, 2.24) is 9.97 Å². The Labute approximate surface area is 172 Å². The molecular formula is C21H21N5O4. The third kappa shape index (κ3) is 4.47. The Balaban J connectivity index is 2.07. The number of nitrogens with two attached hydrogens (primary N) is 2. The zero-order valence-corrected chi connectivity index (χ0v) is 16.2. The molecule has 1 heterocycles. The monoisotopic (exact) mass is 407 g/mol. The fourth-order valence-electron chi connectivity index (χ4n) is 2.88. The van der Waals surface area contributed by atoms with Gasteiger partial charge in [0.05, 0.1) is 12.2 Å². The Bertz CT molecular complexity index is 1170. The molecule has 0 radical (unpaired) electrons. The van der Waals surface area contributed by atoms with Gasteiger partial charge in [-0.25, -0.2) is 15.6 Å². The van der Waals surface area contributed by atoms with Gasteiger partial charge in [-0.1, -0.05) is 24.3 Å². The van der Waals surface area contributed by atoms with E-state index in [1.807, 2.05) is 43.3 Å². The van der Waals surface area contributed by atoms with E-state index in [2.05, 4.69) is 15.4 Å². The first-order valence-corrected chi connectivity index (χ1v) is 9.08. The quantitative estimate of drug-likeness (QED) is 0.227. The second-order valence-corrected chi connectivity index (χ2v) is 6.26. The Hall–Kier alpha value is -4.11. The van der Waals surface area contributed by atoms with E-state index in [0.717, 1.165) is 22.8 Å². The van der Waals surface area contributed by atoms with E-state index in [-0.39, 0.29) is 17.3 Å². The van der Waals surface area contributed by atoms with Crippen LogP contribution >= 0.6 is 0 Å². The van der Waals surface area contributed by atoms with Crippen LogP contribution in [0.25, 0.3) is 28.6 Å². The normalized spacial score (nSPS) is 10.9. The number of benzene rings is 2. The summed E-state index contributed by atoms with van der Waals surface area (Å²) in [6, 6.07) is 12.9. The molecule has 30 heavy (non-hydrogen) atoms. The molecule has 3 aromatic rings. The summed E-state index contributed by atoms with van der Waals surface area (Å²) in [5.74, 6) is 5.23. The van der Waals surface area contributed by atoms with E-state index >= 15 is 0 Å². The van der Waals surface area contributed by atoms with Crippen LogP contribution in [0, 0.1) is 0 Å². The maximum absolute atomic E-state index is 12.1. The predicted octanol–water partition coefficient (Wildman–Crippen LogP) is 2.47. The molecule has 0 spiro atoms. The van der Waals surface area contributed by atoms with Crippen molar-refractivity contribution in [2.75, 3.05) is 17.8 Å². The predicted molar refractivity (Wildman–Crippen MR) is 116 cm³/mol. The Kier molecular flexibility index (Phi) is 6.14. The zero-order valence-electron chi connectivity index (χ0n) is 16.2. The number of nitrogen functional groups attached to an aromatic ring is 2. The van der Waals surface area contributed by atoms with E-state index < -0.39 is 11.5 Å². The zero-order chi connectivity index (χ0) is 21.7. The molecule has 0 fully saturated rings. The van der Waals surface area contributed by atoms with Crippen molar-refractivity contribution < 1.29 is 14.6 Å². The second-order valence-electron chi connectivity index (χ2n) is 6.26. The van der Waals surface area contributed by atoms with Crippen LogP contribution in [0.3, 0.4) is 0 Å². The number of rotatable bonds is 7. The lowest BCUT2D eigenvalue weighted by Gasteiger charge is -2.13. The van der Waals surface area contributed by atoms with Crippen LogP contribution in [0.5, 0.6) is 5.75 Å². The van der Waals surface area contributed by atoms with Gasteiger partial charge in [-0.15, -0.1) is 0 Å². The van der Waals surface area contributed by atoms with Gasteiger partial charge >= 0.3 is 5.97 Å². The minimum atomic E-state index is -1.01. The van der Waals surface area contributed by atoms with Gasteiger partial charge in [-0.3, -0.25) is 4.79 Å². The maximum Gasteiger partial charge on any atom is 0.328 e. The van der Waals surface area contributed by atoms with Crippen LogP contribution in [0.15, 0.2) is 53.3 Å². The molecule has 0 unspecified atom stereocenters. The largest absolute Gasteiger partial charge is 0.493 e. The highest BCUT2D eigenvalue weighted by molar-refractivity contribution is 5.85. The fourth-order valence-corrected chi connectivity index (χ4v) is 2.88. The molecule has 0 amide bonds. The van der Waals surface area contributed by atoms with Crippen LogP contribution in [0.4, 0.5) is 11.5 Å². The van der Waals surface area contributed by atoms with Gasteiger partial charge in [0, 0.05) is 6.08 Å². The third-order valence-electron chi connectivity index (χ3n) is 4.27. The molecule has 0 aliphatic heterocycles. The summed E-state index contributed by atoms with van der Waals surface area (Å²) < 4.78 is 5.77. The van der Waals surface area contributed by atoms with Crippen molar-refractivity contribution in [2.45, 2.75) is 6.92 Å². The van der Waals surface area contributed by atoms with Crippen molar-refractivity contribution in [3.05, 3.63) is 64.5 Å². The number of hydrogen-bond acceptors (Lipinski definition) is 7. The van der Waals surface area contributed by atoms with E-state index in [0.29, 0.717) is 17.9 Å². The van der Waals surface area contributed by atoms with Gasteiger partial charge in [0.15, 0.2) is 5.82 Å². The van der Waals surface area contributed by atoms with Gasteiger partial charge in [0.25, 0.3) is 5.56 Å². The van der Waals surface area contributed by atoms with Crippen LogP contribution in [0.2, 0.25) is 0 Å². The van der Waals surface area contributed by atoms with Crippen LogP contribution in [0.1, 0.15) is 12.5 Å².